The van der Waals surface area contributed by atoms with Crippen molar-refractivity contribution in [2.45, 2.75) is 12.6 Å². The average Bonchev–Trinajstić information content (AvgIpc) is 2.74. The molecule has 1 aromatic heterocycles. The van der Waals surface area contributed by atoms with E-state index in [-0.39, 0.29) is 0 Å². The number of nitrogens with zero attached hydrogens (tertiary/aromatic N) is 1. The molecule has 0 radical (unpaired) electrons. The summed E-state index contributed by atoms with van der Waals surface area (Å²) in [5.74, 6) is 0.473. The van der Waals surface area contributed by atoms with Gasteiger partial charge in [-0.15, -0.1) is 0 Å². The summed E-state index contributed by atoms with van der Waals surface area (Å²) in [6.07, 6.45) is -0.424. The molecule has 3 aromatic rings. The van der Waals surface area contributed by atoms with Crippen molar-refractivity contribution >= 4 is 34.4 Å². The molecule has 2 aromatic carbocycles. The van der Waals surface area contributed by atoms with Crippen LogP contribution in [-0.4, -0.2) is 21.5 Å². The maximum Gasteiger partial charge on any atom is 0.0807 e. The lowest BCUT2D eigenvalue weighted by Crippen LogP contribution is -2.17. The van der Waals surface area contributed by atoms with Crippen LogP contribution in [0.25, 0.3) is 21.8 Å². The standard InChI is InChI=1S/C15H15NOS/c17-11(10-18)9-16-14-7-3-1-5-12(14)13-6-2-4-8-15(13)16/h1-8,11,17-18H,9-10H2. The van der Waals surface area contributed by atoms with E-state index < -0.39 is 6.10 Å². The minimum absolute atomic E-state index is 0.424. The van der Waals surface area contributed by atoms with Crippen LogP contribution in [0.4, 0.5) is 0 Å². The van der Waals surface area contributed by atoms with Crippen molar-refractivity contribution < 1.29 is 5.11 Å². The van der Waals surface area contributed by atoms with Gasteiger partial charge in [0.2, 0.25) is 0 Å². The van der Waals surface area contributed by atoms with E-state index in [1.165, 1.54) is 21.8 Å². The van der Waals surface area contributed by atoms with Crippen LogP contribution >= 0.6 is 12.6 Å². The number of aliphatic hydroxyl groups excluding tert-OH is 1. The lowest BCUT2D eigenvalue weighted by Gasteiger charge is -2.11. The molecule has 2 nitrogen and oxygen atoms in total. The first kappa shape index (κ1) is 11.6. The fourth-order valence-electron chi connectivity index (χ4n) is 2.47. The van der Waals surface area contributed by atoms with Gasteiger partial charge in [-0.05, 0) is 12.1 Å². The van der Waals surface area contributed by atoms with Crippen molar-refractivity contribution in [2.24, 2.45) is 0 Å². The number of thiol groups is 1. The van der Waals surface area contributed by atoms with Gasteiger partial charge in [0, 0.05) is 34.1 Å². The molecule has 1 atom stereocenters. The van der Waals surface area contributed by atoms with Crippen molar-refractivity contribution in [3.63, 3.8) is 0 Å². The van der Waals surface area contributed by atoms with Gasteiger partial charge >= 0.3 is 0 Å². The van der Waals surface area contributed by atoms with Gasteiger partial charge in [-0.1, -0.05) is 36.4 Å². The van der Waals surface area contributed by atoms with Gasteiger partial charge in [0.15, 0.2) is 0 Å². The normalized spacial score (nSPS) is 13.2. The van der Waals surface area contributed by atoms with Crippen LogP contribution in [0.15, 0.2) is 48.5 Å². The van der Waals surface area contributed by atoms with E-state index in [1.807, 2.05) is 24.3 Å². The predicted octanol–water partition coefficient (Wildman–Crippen LogP) is 3.09. The van der Waals surface area contributed by atoms with E-state index in [9.17, 15) is 5.11 Å². The van der Waals surface area contributed by atoms with E-state index in [1.54, 1.807) is 0 Å². The maximum absolute atomic E-state index is 9.85. The topological polar surface area (TPSA) is 25.2 Å². The molecule has 1 N–H and O–H groups in total. The summed E-state index contributed by atoms with van der Waals surface area (Å²) in [4.78, 5) is 0. The van der Waals surface area contributed by atoms with E-state index in [2.05, 4.69) is 41.5 Å². The Balaban J connectivity index is 2.31. The minimum Gasteiger partial charge on any atom is -0.390 e. The van der Waals surface area contributed by atoms with Gasteiger partial charge in [0.1, 0.15) is 0 Å². The van der Waals surface area contributed by atoms with E-state index >= 15 is 0 Å². The van der Waals surface area contributed by atoms with Crippen LogP contribution < -0.4 is 0 Å². The third-order valence-electron chi connectivity index (χ3n) is 3.28. The summed E-state index contributed by atoms with van der Waals surface area (Å²) in [6.45, 7) is 0.581. The number of benzene rings is 2. The quantitative estimate of drug-likeness (QED) is 0.693. The molecule has 0 spiro atoms. The second kappa shape index (κ2) is 4.67. The molecule has 0 saturated carbocycles. The molecule has 92 valence electrons. The zero-order valence-corrected chi connectivity index (χ0v) is 10.8. The molecule has 18 heavy (non-hydrogen) atoms. The number of aromatic nitrogens is 1. The highest BCUT2D eigenvalue weighted by Gasteiger charge is 2.11. The minimum atomic E-state index is -0.424. The van der Waals surface area contributed by atoms with Gasteiger partial charge in [-0.2, -0.15) is 12.6 Å². The summed E-state index contributed by atoms with van der Waals surface area (Å²) in [7, 11) is 0. The molecule has 0 saturated heterocycles. The van der Waals surface area contributed by atoms with Crippen LogP contribution in [-0.2, 0) is 6.54 Å². The van der Waals surface area contributed by atoms with Gasteiger partial charge in [0.25, 0.3) is 0 Å². The van der Waals surface area contributed by atoms with Crippen molar-refractivity contribution in [3.05, 3.63) is 48.5 Å². The van der Waals surface area contributed by atoms with Gasteiger partial charge in [0.05, 0.1) is 6.10 Å². The molecule has 3 rings (SSSR count). The van der Waals surface area contributed by atoms with Gasteiger partial charge in [-0.3, -0.25) is 0 Å². The molecular weight excluding hydrogens is 242 g/mol. The first-order valence-corrected chi connectivity index (χ1v) is 6.69. The highest BCUT2D eigenvalue weighted by Crippen LogP contribution is 2.28. The summed E-state index contributed by atoms with van der Waals surface area (Å²) in [6, 6.07) is 16.6. The lowest BCUT2D eigenvalue weighted by molar-refractivity contribution is 0.181. The van der Waals surface area contributed by atoms with Crippen LogP contribution in [0, 0.1) is 0 Å². The molecular formula is C15H15NOS. The monoisotopic (exact) mass is 257 g/mol. The number of hydrogen-bond donors (Lipinski definition) is 2. The molecule has 0 aliphatic rings. The first-order valence-electron chi connectivity index (χ1n) is 6.06. The summed E-state index contributed by atoms with van der Waals surface area (Å²) in [5.41, 5.74) is 2.33. The number of rotatable bonds is 3. The molecule has 0 aliphatic heterocycles. The summed E-state index contributed by atoms with van der Waals surface area (Å²) in [5, 5.41) is 12.3. The Labute approximate surface area is 111 Å². The van der Waals surface area contributed by atoms with Crippen LogP contribution in [0.2, 0.25) is 0 Å². The Kier molecular flexibility index (Phi) is 3.02. The smallest absolute Gasteiger partial charge is 0.0807 e. The maximum atomic E-state index is 9.85. The summed E-state index contributed by atoms with van der Waals surface area (Å²) < 4.78 is 2.17. The predicted molar refractivity (Wildman–Crippen MR) is 79.3 cm³/mol. The van der Waals surface area contributed by atoms with E-state index in [0.717, 1.165) is 0 Å². The SMILES string of the molecule is OC(CS)Cn1c2ccccc2c2ccccc21. The second-order valence-corrected chi connectivity index (χ2v) is 4.85. The van der Waals surface area contributed by atoms with Crippen molar-refractivity contribution in [1.29, 1.82) is 0 Å². The van der Waals surface area contributed by atoms with Crippen LogP contribution in [0.1, 0.15) is 0 Å². The Morgan fingerprint density at radius 3 is 1.94 bits per heavy atom. The largest absolute Gasteiger partial charge is 0.390 e. The first-order chi connectivity index (χ1) is 8.81. The Bertz CT molecular complexity index is 636. The second-order valence-electron chi connectivity index (χ2n) is 4.48. The average molecular weight is 257 g/mol. The third kappa shape index (κ3) is 1.80. The number of para-hydroxylation sites is 2. The fraction of sp³-hybridized carbons (Fsp3) is 0.200. The number of aliphatic hydroxyl groups is 1. The highest BCUT2D eigenvalue weighted by molar-refractivity contribution is 7.80. The summed E-state index contributed by atoms with van der Waals surface area (Å²) >= 11 is 4.15. The van der Waals surface area contributed by atoms with Crippen molar-refractivity contribution in [2.75, 3.05) is 5.75 Å². The number of fused-ring (bicyclic) bond motifs is 3. The van der Waals surface area contributed by atoms with E-state index in [0.29, 0.717) is 12.3 Å². The third-order valence-corrected chi connectivity index (χ3v) is 3.71. The molecule has 0 fully saturated rings. The molecule has 1 heterocycles. The van der Waals surface area contributed by atoms with Gasteiger partial charge in [-0.25, -0.2) is 0 Å². The zero-order chi connectivity index (χ0) is 12.5. The van der Waals surface area contributed by atoms with Crippen LogP contribution in [0.3, 0.4) is 0 Å². The Morgan fingerprint density at radius 2 is 1.44 bits per heavy atom. The lowest BCUT2D eigenvalue weighted by atomic mass is 10.2. The Morgan fingerprint density at radius 1 is 0.944 bits per heavy atom. The fourth-order valence-corrected chi connectivity index (χ4v) is 2.58. The van der Waals surface area contributed by atoms with E-state index in [4.69, 9.17) is 0 Å². The van der Waals surface area contributed by atoms with Crippen molar-refractivity contribution in [1.82, 2.24) is 4.57 Å². The molecule has 0 amide bonds. The molecule has 3 heteroatoms. The molecule has 0 aliphatic carbocycles. The van der Waals surface area contributed by atoms with Gasteiger partial charge < -0.3 is 9.67 Å². The van der Waals surface area contributed by atoms with Crippen LogP contribution in [0.5, 0.6) is 0 Å². The zero-order valence-electron chi connectivity index (χ0n) is 9.95. The highest BCUT2D eigenvalue weighted by atomic mass is 32.1. The Hall–Kier alpha value is -1.45. The number of hydrogen-bond acceptors (Lipinski definition) is 2. The van der Waals surface area contributed by atoms with Crippen molar-refractivity contribution in [3.8, 4) is 0 Å². The molecule has 1 unspecified atom stereocenters. The molecule has 0 bridgehead atoms.